The number of methoxy groups -OCH3 is 1. The molecular weight excluding hydrogens is 470 g/mol. The minimum atomic E-state index is -0.147. The van der Waals surface area contributed by atoms with Gasteiger partial charge in [-0.1, -0.05) is 47.2 Å². The van der Waals surface area contributed by atoms with Gasteiger partial charge in [-0.2, -0.15) is 0 Å². The van der Waals surface area contributed by atoms with E-state index < -0.39 is 0 Å². The van der Waals surface area contributed by atoms with Crippen LogP contribution in [0.3, 0.4) is 0 Å². The Morgan fingerprint density at radius 3 is 2.50 bits per heavy atom. The zero-order valence-corrected chi connectivity index (χ0v) is 20.9. The third-order valence-electron chi connectivity index (χ3n) is 5.19. The van der Waals surface area contributed by atoms with Crippen LogP contribution in [-0.4, -0.2) is 50.1 Å². The van der Waals surface area contributed by atoms with Crippen molar-refractivity contribution in [3.63, 3.8) is 0 Å². The molecule has 1 aromatic heterocycles. The third-order valence-corrected chi connectivity index (χ3v) is 6.73. The van der Waals surface area contributed by atoms with Crippen molar-refractivity contribution < 1.29 is 14.3 Å². The van der Waals surface area contributed by atoms with Crippen LogP contribution in [0.1, 0.15) is 16.8 Å². The van der Waals surface area contributed by atoms with Gasteiger partial charge >= 0.3 is 0 Å². The van der Waals surface area contributed by atoms with Crippen molar-refractivity contribution in [2.45, 2.75) is 6.42 Å². The van der Waals surface area contributed by atoms with Gasteiger partial charge in [0.25, 0.3) is 5.91 Å². The second-order valence-corrected chi connectivity index (χ2v) is 9.37. The van der Waals surface area contributed by atoms with E-state index in [2.05, 4.69) is 4.90 Å². The lowest BCUT2D eigenvalue weighted by atomic mass is 10.2. The van der Waals surface area contributed by atoms with Crippen LogP contribution in [0.15, 0.2) is 66.7 Å². The predicted molar refractivity (Wildman–Crippen MR) is 139 cm³/mol. The number of halogens is 1. The number of anilines is 1. The molecule has 0 aliphatic rings. The van der Waals surface area contributed by atoms with Crippen LogP contribution in [0.2, 0.25) is 5.02 Å². The highest BCUT2D eigenvalue weighted by Gasteiger charge is 2.23. The number of hydrogen-bond donors (Lipinski definition) is 0. The number of aromatic nitrogens is 1. The van der Waals surface area contributed by atoms with Crippen molar-refractivity contribution in [3.05, 3.63) is 77.3 Å². The maximum Gasteiger partial charge on any atom is 0.260 e. The van der Waals surface area contributed by atoms with Gasteiger partial charge in [0.15, 0.2) is 5.13 Å². The van der Waals surface area contributed by atoms with Gasteiger partial charge in [-0.05, 0) is 69.5 Å². The topological polar surface area (TPSA) is 54.9 Å². The van der Waals surface area contributed by atoms with Gasteiger partial charge in [0.05, 0.1) is 16.8 Å². The first-order valence-electron chi connectivity index (χ1n) is 10.9. The van der Waals surface area contributed by atoms with Crippen LogP contribution in [0.4, 0.5) is 5.13 Å². The van der Waals surface area contributed by atoms with E-state index in [0.717, 1.165) is 17.7 Å². The molecule has 1 heterocycles. The van der Waals surface area contributed by atoms with Crippen LogP contribution in [-0.2, 0) is 0 Å². The SMILES string of the molecule is COc1ccc(Cl)c2sc(N(CCCN(C)C)C(=O)c3cccc(Oc4ccccc4)c3)nc12. The Morgan fingerprint density at radius 1 is 1.00 bits per heavy atom. The molecule has 34 heavy (non-hydrogen) atoms. The number of fused-ring (bicyclic) bond motifs is 1. The van der Waals surface area contributed by atoms with E-state index in [4.69, 9.17) is 26.1 Å². The molecule has 0 fully saturated rings. The van der Waals surface area contributed by atoms with Crippen LogP contribution >= 0.6 is 22.9 Å². The normalized spacial score (nSPS) is 11.1. The second kappa shape index (κ2) is 10.9. The molecule has 0 radical (unpaired) electrons. The van der Waals surface area contributed by atoms with Gasteiger partial charge in [-0.25, -0.2) is 4.98 Å². The fourth-order valence-corrected chi connectivity index (χ4v) is 4.80. The summed E-state index contributed by atoms with van der Waals surface area (Å²) >= 11 is 7.82. The van der Waals surface area contributed by atoms with Crippen molar-refractivity contribution in [2.24, 2.45) is 0 Å². The van der Waals surface area contributed by atoms with E-state index in [1.165, 1.54) is 11.3 Å². The lowest BCUT2D eigenvalue weighted by Crippen LogP contribution is -2.33. The monoisotopic (exact) mass is 495 g/mol. The van der Waals surface area contributed by atoms with E-state index in [-0.39, 0.29) is 5.91 Å². The highest BCUT2D eigenvalue weighted by molar-refractivity contribution is 7.23. The summed E-state index contributed by atoms with van der Waals surface area (Å²) in [6.07, 6.45) is 0.791. The minimum Gasteiger partial charge on any atom is -0.494 e. The summed E-state index contributed by atoms with van der Waals surface area (Å²) in [6, 6.07) is 20.3. The molecule has 0 N–H and O–H groups in total. The summed E-state index contributed by atoms with van der Waals surface area (Å²) in [7, 11) is 5.62. The van der Waals surface area contributed by atoms with Crippen molar-refractivity contribution >= 4 is 44.2 Å². The van der Waals surface area contributed by atoms with Crippen molar-refractivity contribution in [3.8, 4) is 17.2 Å². The Labute approximate surface area is 208 Å². The molecule has 0 bridgehead atoms. The maximum atomic E-state index is 13.7. The molecule has 4 rings (SSSR count). The summed E-state index contributed by atoms with van der Waals surface area (Å²) in [4.78, 5) is 22.3. The first kappa shape index (κ1) is 24.0. The van der Waals surface area contributed by atoms with Crippen molar-refractivity contribution in [2.75, 3.05) is 39.2 Å². The Bertz CT molecular complexity index is 1280. The number of hydrogen-bond acceptors (Lipinski definition) is 6. The number of amides is 1. The zero-order valence-electron chi connectivity index (χ0n) is 19.3. The van der Waals surface area contributed by atoms with Crippen LogP contribution in [0.5, 0.6) is 17.2 Å². The number of carbonyl (C=O) groups is 1. The molecule has 0 aliphatic carbocycles. The number of para-hydroxylation sites is 1. The Balaban J connectivity index is 1.67. The quantitative estimate of drug-likeness (QED) is 0.271. The molecule has 6 nitrogen and oxygen atoms in total. The number of rotatable bonds is 9. The fraction of sp³-hybridized carbons (Fsp3) is 0.231. The summed E-state index contributed by atoms with van der Waals surface area (Å²) in [5.74, 6) is 1.79. The van der Waals surface area contributed by atoms with E-state index in [9.17, 15) is 4.79 Å². The number of thiazole rings is 1. The predicted octanol–water partition coefficient (Wildman–Crippen LogP) is 6.35. The van der Waals surface area contributed by atoms with Crippen LogP contribution in [0, 0.1) is 0 Å². The Kier molecular flexibility index (Phi) is 7.67. The molecule has 1 amide bonds. The van der Waals surface area contributed by atoms with E-state index in [0.29, 0.717) is 45.0 Å². The highest BCUT2D eigenvalue weighted by Crippen LogP contribution is 2.39. The summed E-state index contributed by atoms with van der Waals surface area (Å²) in [6.45, 7) is 1.36. The molecule has 176 valence electrons. The Morgan fingerprint density at radius 2 is 1.76 bits per heavy atom. The summed E-state index contributed by atoms with van der Waals surface area (Å²) < 4.78 is 12.2. The molecule has 0 spiro atoms. The molecule has 0 atom stereocenters. The standard InChI is InChI=1S/C26H26ClN3O3S/c1-29(2)15-8-16-30(26-28-23-22(32-3)14-13-21(27)24(23)34-26)25(31)18-9-7-12-20(17-18)33-19-10-5-4-6-11-19/h4-7,9-14,17H,8,15-16H2,1-3H3. The van der Waals surface area contributed by atoms with Gasteiger partial charge in [-0.15, -0.1) is 0 Å². The fourth-order valence-electron chi connectivity index (χ4n) is 3.52. The minimum absolute atomic E-state index is 0.147. The van der Waals surface area contributed by atoms with Crippen LogP contribution < -0.4 is 14.4 Å². The number of nitrogens with zero attached hydrogens (tertiary/aromatic N) is 3. The van der Waals surface area contributed by atoms with Crippen molar-refractivity contribution in [1.82, 2.24) is 9.88 Å². The van der Waals surface area contributed by atoms with E-state index in [1.807, 2.05) is 56.6 Å². The molecule has 3 aromatic carbocycles. The van der Waals surface area contributed by atoms with E-state index in [1.54, 1.807) is 36.3 Å². The maximum absolute atomic E-state index is 13.7. The average Bonchev–Trinajstić information content (AvgIpc) is 3.28. The first-order valence-corrected chi connectivity index (χ1v) is 12.1. The first-order chi connectivity index (χ1) is 16.5. The zero-order chi connectivity index (χ0) is 24.1. The molecular formula is C26H26ClN3O3S. The average molecular weight is 496 g/mol. The lowest BCUT2D eigenvalue weighted by molar-refractivity contribution is 0.0985. The van der Waals surface area contributed by atoms with Crippen LogP contribution in [0.25, 0.3) is 10.2 Å². The summed E-state index contributed by atoms with van der Waals surface area (Å²) in [5.41, 5.74) is 1.18. The van der Waals surface area contributed by atoms with Crippen molar-refractivity contribution in [1.29, 1.82) is 0 Å². The number of ether oxygens (including phenoxy) is 2. The van der Waals surface area contributed by atoms with Gasteiger partial charge < -0.3 is 14.4 Å². The lowest BCUT2D eigenvalue weighted by Gasteiger charge is -2.21. The number of benzene rings is 3. The summed E-state index contributed by atoms with van der Waals surface area (Å²) in [5, 5.41) is 1.16. The molecule has 8 heteroatoms. The smallest absolute Gasteiger partial charge is 0.260 e. The molecule has 0 saturated carbocycles. The largest absolute Gasteiger partial charge is 0.494 e. The third kappa shape index (κ3) is 5.50. The molecule has 4 aromatic rings. The number of carbonyl (C=O) groups excluding carboxylic acids is 1. The van der Waals surface area contributed by atoms with Gasteiger partial charge in [-0.3, -0.25) is 9.69 Å². The second-order valence-electron chi connectivity index (χ2n) is 7.98. The van der Waals surface area contributed by atoms with Gasteiger partial charge in [0.2, 0.25) is 0 Å². The molecule has 0 aliphatic heterocycles. The Hall–Kier alpha value is -3.13. The highest BCUT2D eigenvalue weighted by atomic mass is 35.5. The van der Waals surface area contributed by atoms with E-state index >= 15 is 0 Å². The van der Waals surface area contributed by atoms with Gasteiger partial charge in [0, 0.05) is 12.1 Å². The van der Waals surface area contributed by atoms with Gasteiger partial charge in [0.1, 0.15) is 22.8 Å². The molecule has 0 saturated heterocycles. The molecule has 0 unspecified atom stereocenters.